The van der Waals surface area contributed by atoms with Gasteiger partial charge in [0, 0.05) is 13.1 Å². The second-order valence-electron chi connectivity index (χ2n) is 4.89. The minimum absolute atomic E-state index is 0.0855. The van der Waals surface area contributed by atoms with Crippen molar-refractivity contribution in [1.29, 1.82) is 0 Å². The number of hydrogen-bond acceptors (Lipinski definition) is 3. The first-order valence-electron chi connectivity index (χ1n) is 7.05. The fourth-order valence-electron chi connectivity index (χ4n) is 2.22. The summed E-state index contributed by atoms with van der Waals surface area (Å²) in [6.45, 7) is 9.46. The summed E-state index contributed by atoms with van der Waals surface area (Å²) >= 11 is 6.12. The van der Waals surface area contributed by atoms with E-state index < -0.39 is 0 Å². The summed E-state index contributed by atoms with van der Waals surface area (Å²) in [7, 11) is 0. The molecule has 0 saturated heterocycles. The predicted molar refractivity (Wildman–Crippen MR) is 81.8 cm³/mol. The first-order chi connectivity index (χ1) is 9.97. The molecule has 2 aromatic rings. The number of rotatable bonds is 5. The van der Waals surface area contributed by atoms with E-state index in [-0.39, 0.29) is 5.91 Å². The maximum atomic E-state index is 12.2. The lowest BCUT2D eigenvalue weighted by Gasteiger charge is -2.16. The fraction of sp³-hybridized carbons (Fsp3) is 0.467. The molecule has 2 heterocycles. The minimum Gasteiger partial charge on any atom is -0.454 e. The lowest BCUT2D eigenvalue weighted by atomic mass is 10.3. The molecular weight excluding hydrogens is 290 g/mol. The fourth-order valence-corrected chi connectivity index (χ4v) is 2.36. The Morgan fingerprint density at radius 2 is 2.00 bits per heavy atom. The summed E-state index contributed by atoms with van der Waals surface area (Å²) < 4.78 is 7.42. The summed E-state index contributed by atoms with van der Waals surface area (Å²) in [6, 6.07) is 3.52. The van der Waals surface area contributed by atoms with Crippen molar-refractivity contribution in [2.24, 2.45) is 0 Å². The van der Waals surface area contributed by atoms with E-state index >= 15 is 0 Å². The summed E-state index contributed by atoms with van der Waals surface area (Å²) in [5.74, 6) is 0.965. The number of carbonyl (C=O) groups is 1. The number of hydrogen-bond donors (Lipinski definition) is 0. The molecule has 0 saturated carbocycles. The number of nitrogens with zero attached hydrogens (tertiary/aromatic N) is 3. The molecule has 5 nitrogen and oxygen atoms in total. The van der Waals surface area contributed by atoms with Crippen LogP contribution in [0.25, 0.3) is 0 Å². The highest BCUT2D eigenvalue weighted by atomic mass is 35.5. The molecule has 1 amide bonds. The van der Waals surface area contributed by atoms with Gasteiger partial charge >= 0.3 is 0 Å². The van der Waals surface area contributed by atoms with Crippen LogP contribution < -0.4 is 0 Å². The van der Waals surface area contributed by atoms with E-state index in [0.29, 0.717) is 36.2 Å². The smallest absolute Gasteiger partial charge is 0.289 e. The number of amides is 1. The molecule has 0 N–H and O–H groups in total. The van der Waals surface area contributed by atoms with Crippen LogP contribution in [0.2, 0.25) is 5.02 Å². The number of carbonyl (C=O) groups excluding carboxylic acids is 1. The lowest BCUT2D eigenvalue weighted by Crippen LogP contribution is -2.30. The molecule has 114 valence electrons. The topological polar surface area (TPSA) is 51.3 Å². The number of aromatic nitrogens is 2. The Hall–Kier alpha value is -1.75. The summed E-state index contributed by atoms with van der Waals surface area (Å²) in [5, 5.41) is 5.02. The van der Waals surface area contributed by atoms with E-state index in [2.05, 4.69) is 5.10 Å². The zero-order valence-corrected chi connectivity index (χ0v) is 13.6. The Bertz CT molecular complexity index is 641. The van der Waals surface area contributed by atoms with Gasteiger partial charge in [0.05, 0.1) is 23.0 Å². The second kappa shape index (κ2) is 6.35. The third kappa shape index (κ3) is 3.13. The Balaban J connectivity index is 2.17. The standard InChI is InChI=1S/C15H20ClN3O2/c1-5-18(6-2)15(20)13-8-7-12(21-13)9-19-11(4)14(16)10(3)17-19/h7-8H,5-6,9H2,1-4H3. The van der Waals surface area contributed by atoms with Gasteiger partial charge in [-0.1, -0.05) is 11.6 Å². The van der Waals surface area contributed by atoms with Crippen molar-refractivity contribution in [3.63, 3.8) is 0 Å². The highest BCUT2D eigenvalue weighted by Gasteiger charge is 2.17. The molecular formula is C15H20ClN3O2. The Morgan fingerprint density at radius 3 is 2.52 bits per heavy atom. The van der Waals surface area contributed by atoms with Gasteiger partial charge in [0.2, 0.25) is 0 Å². The summed E-state index contributed by atoms with van der Waals surface area (Å²) in [4.78, 5) is 13.9. The molecule has 0 aliphatic carbocycles. The molecule has 6 heteroatoms. The van der Waals surface area contributed by atoms with Crippen LogP contribution in [-0.2, 0) is 6.54 Å². The van der Waals surface area contributed by atoms with Crippen molar-refractivity contribution >= 4 is 17.5 Å². The van der Waals surface area contributed by atoms with E-state index in [0.717, 1.165) is 11.4 Å². The van der Waals surface area contributed by atoms with Crippen molar-refractivity contribution in [3.05, 3.63) is 40.1 Å². The first-order valence-corrected chi connectivity index (χ1v) is 7.43. The van der Waals surface area contributed by atoms with Gasteiger partial charge in [0.1, 0.15) is 5.76 Å². The van der Waals surface area contributed by atoms with Crippen LogP contribution in [0.4, 0.5) is 0 Å². The van der Waals surface area contributed by atoms with Crippen LogP contribution in [0.1, 0.15) is 41.6 Å². The largest absolute Gasteiger partial charge is 0.454 e. The summed E-state index contributed by atoms with van der Waals surface area (Å²) in [5.41, 5.74) is 1.68. The van der Waals surface area contributed by atoms with Gasteiger partial charge in [-0.2, -0.15) is 5.10 Å². The molecule has 0 fully saturated rings. The third-order valence-corrected chi connectivity index (χ3v) is 4.07. The molecule has 0 radical (unpaired) electrons. The molecule has 0 spiro atoms. The Labute approximate surface area is 129 Å². The number of furan rings is 1. The van der Waals surface area contributed by atoms with Crippen molar-refractivity contribution in [2.75, 3.05) is 13.1 Å². The average molecular weight is 310 g/mol. The minimum atomic E-state index is -0.0855. The molecule has 0 bridgehead atoms. The van der Waals surface area contributed by atoms with Crippen molar-refractivity contribution in [2.45, 2.75) is 34.2 Å². The van der Waals surface area contributed by atoms with Gasteiger partial charge < -0.3 is 9.32 Å². The van der Waals surface area contributed by atoms with Crippen LogP contribution >= 0.6 is 11.6 Å². The highest BCUT2D eigenvalue weighted by Crippen LogP contribution is 2.20. The van der Waals surface area contributed by atoms with Gasteiger partial charge in [-0.05, 0) is 39.8 Å². The quantitative estimate of drug-likeness (QED) is 0.851. The average Bonchev–Trinajstić information content (AvgIpc) is 3.02. The molecule has 0 unspecified atom stereocenters. The van der Waals surface area contributed by atoms with Gasteiger partial charge in [0.25, 0.3) is 5.91 Å². The second-order valence-corrected chi connectivity index (χ2v) is 5.26. The van der Waals surface area contributed by atoms with E-state index in [1.807, 2.05) is 27.7 Å². The van der Waals surface area contributed by atoms with E-state index in [1.165, 1.54) is 0 Å². The molecule has 2 aromatic heterocycles. The Morgan fingerprint density at radius 1 is 1.33 bits per heavy atom. The lowest BCUT2D eigenvalue weighted by molar-refractivity contribution is 0.0739. The molecule has 0 atom stereocenters. The van der Waals surface area contributed by atoms with Crippen LogP contribution in [-0.4, -0.2) is 33.7 Å². The van der Waals surface area contributed by atoms with Gasteiger partial charge in [-0.3, -0.25) is 9.48 Å². The van der Waals surface area contributed by atoms with E-state index in [4.69, 9.17) is 16.0 Å². The number of halogens is 1. The highest BCUT2D eigenvalue weighted by molar-refractivity contribution is 6.31. The van der Waals surface area contributed by atoms with E-state index in [9.17, 15) is 4.79 Å². The molecule has 0 aromatic carbocycles. The van der Waals surface area contributed by atoms with Crippen molar-refractivity contribution in [3.8, 4) is 0 Å². The SMILES string of the molecule is CCN(CC)C(=O)c1ccc(Cn2nc(C)c(Cl)c2C)o1. The molecule has 2 rings (SSSR count). The van der Waals surface area contributed by atoms with Crippen molar-refractivity contribution in [1.82, 2.24) is 14.7 Å². The van der Waals surface area contributed by atoms with Crippen LogP contribution in [0.5, 0.6) is 0 Å². The maximum absolute atomic E-state index is 12.2. The normalized spacial score (nSPS) is 10.9. The van der Waals surface area contributed by atoms with Crippen molar-refractivity contribution < 1.29 is 9.21 Å². The van der Waals surface area contributed by atoms with Gasteiger partial charge in [-0.15, -0.1) is 0 Å². The summed E-state index contributed by atoms with van der Waals surface area (Å²) in [6.07, 6.45) is 0. The van der Waals surface area contributed by atoms with Crippen LogP contribution in [0.3, 0.4) is 0 Å². The zero-order chi connectivity index (χ0) is 15.6. The molecule has 0 aliphatic rings. The monoisotopic (exact) mass is 309 g/mol. The molecule has 21 heavy (non-hydrogen) atoms. The van der Waals surface area contributed by atoms with E-state index in [1.54, 1.807) is 21.7 Å². The predicted octanol–water partition coefficient (Wildman–Crippen LogP) is 3.28. The maximum Gasteiger partial charge on any atom is 0.289 e. The zero-order valence-electron chi connectivity index (χ0n) is 12.8. The molecule has 0 aliphatic heterocycles. The van der Waals surface area contributed by atoms with Crippen LogP contribution in [0.15, 0.2) is 16.5 Å². The van der Waals surface area contributed by atoms with Crippen LogP contribution in [0, 0.1) is 13.8 Å². The van der Waals surface area contributed by atoms with Gasteiger partial charge in [-0.25, -0.2) is 0 Å². The number of aryl methyl sites for hydroxylation is 1. The first kappa shape index (κ1) is 15.6. The van der Waals surface area contributed by atoms with Gasteiger partial charge in [0.15, 0.2) is 5.76 Å². The third-order valence-electron chi connectivity index (χ3n) is 3.52. The Kier molecular flexibility index (Phi) is 4.73.